The second kappa shape index (κ2) is 3.27. The van der Waals surface area contributed by atoms with Crippen LogP contribution in [0.25, 0.3) is 0 Å². The van der Waals surface area contributed by atoms with Gasteiger partial charge in [0.15, 0.2) is 0 Å². The fraction of sp³-hybridized carbons (Fsp3) is 0.444. The molecule has 0 spiro atoms. The van der Waals surface area contributed by atoms with E-state index in [0.29, 0.717) is 0 Å². The van der Waals surface area contributed by atoms with Crippen molar-refractivity contribution in [3.8, 4) is 0 Å². The minimum absolute atomic E-state index is 0.0689. The SMILES string of the molecule is CCC1([SiH3])C=CC=CC1C(=O)O. The van der Waals surface area contributed by atoms with Crippen LogP contribution in [0.5, 0.6) is 0 Å². The van der Waals surface area contributed by atoms with Crippen molar-refractivity contribution in [1.82, 2.24) is 0 Å². The van der Waals surface area contributed by atoms with E-state index in [-0.39, 0.29) is 11.0 Å². The Morgan fingerprint density at radius 3 is 2.75 bits per heavy atom. The largest absolute Gasteiger partial charge is 0.481 e. The number of rotatable bonds is 2. The van der Waals surface area contributed by atoms with Crippen LogP contribution in [-0.2, 0) is 4.79 Å². The molecule has 0 amide bonds. The van der Waals surface area contributed by atoms with E-state index in [9.17, 15) is 4.79 Å². The van der Waals surface area contributed by atoms with Crippen molar-refractivity contribution in [2.75, 3.05) is 0 Å². The molecule has 0 heterocycles. The lowest BCUT2D eigenvalue weighted by Gasteiger charge is -2.31. The van der Waals surface area contributed by atoms with Gasteiger partial charge >= 0.3 is 5.97 Å². The van der Waals surface area contributed by atoms with Crippen molar-refractivity contribution >= 4 is 16.2 Å². The highest BCUT2D eigenvalue weighted by Crippen LogP contribution is 2.40. The second-order valence-electron chi connectivity index (χ2n) is 3.42. The van der Waals surface area contributed by atoms with Crippen LogP contribution < -0.4 is 0 Å². The summed E-state index contributed by atoms with van der Waals surface area (Å²) in [6.07, 6.45) is 8.52. The lowest BCUT2D eigenvalue weighted by Crippen LogP contribution is -2.28. The standard InChI is InChI=1S/C9H14O2Si/c1-2-9(12)6-4-3-5-7(9)8(10)11/h3-7H,2H2,1,12H3,(H,10,11). The van der Waals surface area contributed by atoms with Crippen molar-refractivity contribution in [2.45, 2.75) is 18.4 Å². The Morgan fingerprint density at radius 1 is 1.67 bits per heavy atom. The first-order valence-electron chi connectivity index (χ1n) is 4.19. The highest BCUT2D eigenvalue weighted by atomic mass is 28.1. The summed E-state index contributed by atoms with van der Waals surface area (Å²) < 4.78 is 0. The number of hydrogen-bond acceptors (Lipinski definition) is 1. The van der Waals surface area contributed by atoms with Crippen LogP contribution in [0.2, 0.25) is 5.04 Å². The molecule has 0 saturated heterocycles. The van der Waals surface area contributed by atoms with Crippen LogP contribution in [-0.4, -0.2) is 21.3 Å². The molecule has 12 heavy (non-hydrogen) atoms. The van der Waals surface area contributed by atoms with Gasteiger partial charge in [-0.1, -0.05) is 31.2 Å². The molecular formula is C9H14O2Si. The second-order valence-corrected chi connectivity index (χ2v) is 5.28. The third-order valence-corrected chi connectivity index (χ3v) is 4.29. The van der Waals surface area contributed by atoms with Gasteiger partial charge in [-0.05, 0) is 11.5 Å². The zero-order valence-electron chi connectivity index (χ0n) is 7.45. The molecule has 2 unspecified atom stereocenters. The lowest BCUT2D eigenvalue weighted by atomic mass is 9.85. The number of carboxylic acids is 1. The number of carbonyl (C=O) groups is 1. The van der Waals surface area contributed by atoms with Gasteiger partial charge in [-0.2, -0.15) is 0 Å². The molecule has 1 rings (SSSR count). The van der Waals surface area contributed by atoms with Gasteiger partial charge in [0.2, 0.25) is 0 Å². The van der Waals surface area contributed by atoms with Crippen LogP contribution >= 0.6 is 0 Å². The van der Waals surface area contributed by atoms with E-state index in [1.54, 1.807) is 6.08 Å². The van der Waals surface area contributed by atoms with Crippen molar-refractivity contribution in [1.29, 1.82) is 0 Å². The Balaban J connectivity index is 2.92. The van der Waals surface area contributed by atoms with Crippen LogP contribution in [0.1, 0.15) is 13.3 Å². The molecule has 0 aromatic heterocycles. The van der Waals surface area contributed by atoms with E-state index in [0.717, 1.165) is 16.7 Å². The summed E-state index contributed by atoms with van der Waals surface area (Å²) in [4.78, 5) is 10.9. The predicted octanol–water partition coefficient (Wildman–Crippen LogP) is 0.747. The van der Waals surface area contributed by atoms with Gasteiger partial charge in [0.25, 0.3) is 0 Å². The molecule has 0 fully saturated rings. The van der Waals surface area contributed by atoms with Gasteiger partial charge in [-0.3, -0.25) is 4.79 Å². The van der Waals surface area contributed by atoms with Gasteiger partial charge in [-0.15, -0.1) is 0 Å². The van der Waals surface area contributed by atoms with E-state index in [1.807, 2.05) is 25.2 Å². The molecular weight excluding hydrogens is 168 g/mol. The average molecular weight is 182 g/mol. The fourth-order valence-electron chi connectivity index (χ4n) is 1.48. The monoisotopic (exact) mass is 182 g/mol. The molecule has 3 heteroatoms. The van der Waals surface area contributed by atoms with E-state index in [2.05, 4.69) is 0 Å². The minimum Gasteiger partial charge on any atom is -0.481 e. The minimum atomic E-state index is -0.701. The predicted molar refractivity (Wildman–Crippen MR) is 52.3 cm³/mol. The molecule has 0 radical (unpaired) electrons. The first-order chi connectivity index (χ1) is 5.60. The topological polar surface area (TPSA) is 37.3 Å². The first kappa shape index (κ1) is 9.26. The Labute approximate surface area is 75.4 Å². The van der Waals surface area contributed by atoms with E-state index < -0.39 is 5.97 Å². The van der Waals surface area contributed by atoms with E-state index >= 15 is 0 Å². The smallest absolute Gasteiger partial charge is 0.310 e. The molecule has 0 aromatic carbocycles. The molecule has 1 N–H and O–H groups in total. The van der Waals surface area contributed by atoms with Crippen LogP contribution in [0.4, 0.5) is 0 Å². The normalized spacial score (nSPS) is 33.9. The van der Waals surface area contributed by atoms with Crippen molar-refractivity contribution in [2.24, 2.45) is 5.92 Å². The van der Waals surface area contributed by atoms with Gasteiger partial charge in [0.05, 0.1) is 5.92 Å². The fourth-order valence-corrected chi connectivity index (χ4v) is 2.11. The van der Waals surface area contributed by atoms with Crippen molar-refractivity contribution in [3.05, 3.63) is 24.3 Å². The molecule has 0 aromatic rings. The number of hydrogen-bond donors (Lipinski definition) is 1. The zero-order valence-corrected chi connectivity index (χ0v) is 9.45. The number of carboxylic acid groups (broad SMARTS) is 1. The molecule has 0 bridgehead atoms. The Kier molecular flexibility index (Phi) is 2.52. The highest BCUT2D eigenvalue weighted by molar-refractivity contribution is 6.19. The van der Waals surface area contributed by atoms with Gasteiger partial charge < -0.3 is 5.11 Å². The summed E-state index contributed by atoms with van der Waals surface area (Å²) >= 11 is 0. The lowest BCUT2D eigenvalue weighted by molar-refractivity contribution is -0.140. The third-order valence-electron chi connectivity index (χ3n) is 2.63. The van der Waals surface area contributed by atoms with Gasteiger partial charge in [-0.25, -0.2) is 0 Å². The van der Waals surface area contributed by atoms with Gasteiger partial charge in [0, 0.05) is 10.2 Å². The Morgan fingerprint density at radius 2 is 2.33 bits per heavy atom. The van der Waals surface area contributed by atoms with Crippen LogP contribution in [0.3, 0.4) is 0 Å². The quantitative estimate of drug-likeness (QED) is 0.640. The van der Waals surface area contributed by atoms with Crippen molar-refractivity contribution in [3.63, 3.8) is 0 Å². The first-order valence-corrected chi connectivity index (χ1v) is 5.19. The van der Waals surface area contributed by atoms with Crippen LogP contribution in [0, 0.1) is 5.92 Å². The summed E-state index contributed by atoms with van der Waals surface area (Å²) in [6, 6.07) is 0. The molecule has 1 aliphatic carbocycles. The van der Waals surface area contributed by atoms with Gasteiger partial charge in [0.1, 0.15) is 0 Å². The number of allylic oxidation sites excluding steroid dienone is 3. The van der Waals surface area contributed by atoms with Crippen molar-refractivity contribution < 1.29 is 9.90 Å². The zero-order chi connectivity index (χ0) is 9.19. The molecule has 0 aliphatic heterocycles. The average Bonchev–Trinajstić information content (AvgIpc) is 2.05. The molecule has 0 saturated carbocycles. The Bertz CT molecular complexity index is 245. The Hall–Kier alpha value is -0.833. The van der Waals surface area contributed by atoms with Crippen LogP contribution in [0.15, 0.2) is 24.3 Å². The van der Waals surface area contributed by atoms with E-state index in [1.165, 1.54) is 0 Å². The summed E-state index contributed by atoms with van der Waals surface area (Å²) in [5, 5.41) is 8.87. The summed E-state index contributed by atoms with van der Waals surface area (Å²) in [5.41, 5.74) is 0. The third kappa shape index (κ3) is 1.50. The molecule has 1 aliphatic rings. The number of aliphatic carboxylic acids is 1. The van der Waals surface area contributed by atoms with E-state index in [4.69, 9.17) is 5.11 Å². The molecule has 2 atom stereocenters. The molecule has 2 nitrogen and oxygen atoms in total. The molecule has 66 valence electrons. The maximum absolute atomic E-state index is 10.9. The summed E-state index contributed by atoms with van der Waals surface area (Å²) in [7, 11) is 0.893. The maximum Gasteiger partial charge on any atom is 0.310 e. The highest BCUT2D eigenvalue weighted by Gasteiger charge is 2.34. The summed E-state index contributed by atoms with van der Waals surface area (Å²) in [6.45, 7) is 2.05. The summed E-state index contributed by atoms with van der Waals surface area (Å²) in [5.74, 6) is -1.01. The maximum atomic E-state index is 10.9.